The predicted molar refractivity (Wildman–Crippen MR) is 102 cm³/mol. The highest BCUT2D eigenvalue weighted by molar-refractivity contribution is 5.77. The van der Waals surface area contributed by atoms with Crippen molar-refractivity contribution in [1.82, 2.24) is 14.7 Å². The second-order valence-corrected chi connectivity index (χ2v) is 9.22. The monoisotopic (exact) mass is 378 g/mol. The maximum absolute atomic E-state index is 12.3. The number of rotatable bonds is 4. The third-order valence-corrected chi connectivity index (χ3v) is 7.66. The molecule has 4 aliphatic rings. The van der Waals surface area contributed by atoms with E-state index >= 15 is 0 Å². The summed E-state index contributed by atoms with van der Waals surface area (Å²) in [5, 5.41) is 9.19. The zero-order chi connectivity index (χ0) is 19.0. The first-order valence-corrected chi connectivity index (χ1v) is 10.7. The molecule has 7 nitrogen and oxygen atoms in total. The van der Waals surface area contributed by atoms with Crippen LogP contribution >= 0.6 is 0 Å². The van der Waals surface area contributed by atoms with Crippen molar-refractivity contribution in [2.45, 2.75) is 63.5 Å². The van der Waals surface area contributed by atoms with Crippen LogP contribution in [0.5, 0.6) is 0 Å². The van der Waals surface area contributed by atoms with Gasteiger partial charge in [0.15, 0.2) is 0 Å². The molecular formula is C20H34N4O3. The molecule has 27 heavy (non-hydrogen) atoms. The number of nitrogens with two attached hydrogens (primary N) is 1. The minimum atomic E-state index is -0.763. The van der Waals surface area contributed by atoms with Crippen molar-refractivity contribution in [3.8, 4) is 0 Å². The van der Waals surface area contributed by atoms with Crippen LogP contribution in [-0.2, 0) is 4.79 Å². The summed E-state index contributed by atoms with van der Waals surface area (Å²) in [6.07, 6.45) is 7.72. The molecule has 2 amide bonds. The lowest BCUT2D eigenvalue weighted by Crippen LogP contribution is -2.55. The first kappa shape index (κ1) is 19.0. The van der Waals surface area contributed by atoms with Crippen LogP contribution in [0.25, 0.3) is 0 Å². The summed E-state index contributed by atoms with van der Waals surface area (Å²) in [4.78, 5) is 29.8. The third kappa shape index (κ3) is 3.68. The van der Waals surface area contributed by atoms with Crippen molar-refractivity contribution >= 4 is 12.0 Å². The summed E-state index contributed by atoms with van der Waals surface area (Å²) in [7, 11) is 0. The molecule has 7 heteroatoms. The first-order valence-electron chi connectivity index (χ1n) is 10.7. The van der Waals surface area contributed by atoms with Crippen molar-refractivity contribution in [3.05, 3.63) is 0 Å². The largest absolute Gasteiger partial charge is 0.465 e. The quantitative estimate of drug-likeness (QED) is 0.775. The van der Waals surface area contributed by atoms with E-state index in [0.717, 1.165) is 58.3 Å². The smallest absolute Gasteiger partial charge is 0.407 e. The van der Waals surface area contributed by atoms with Crippen LogP contribution in [0.4, 0.5) is 4.79 Å². The normalized spacial score (nSPS) is 35.0. The molecule has 1 saturated carbocycles. The zero-order valence-corrected chi connectivity index (χ0v) is 16.3. The van der Waals surface area contributed by atoms with Crippen LogP contribution in [0.15, 0.2) is 0 Å². The SMILES string of the molecule is NCCC(=O)N1CCCC1C1CCN(C2CC3(CCN(C(=O)O)C3)C2)CC1. The van der Waals surface area contributed by atoms with E-state index in [-0.39, 0.29) is 11.3 Å². The highest BCUT2D eigenvalue weighted by atomic mass is 16.4. The minimum absolute atomic E-state index is 0.243. The summed E-state index contributed by atoms with van der Waals surface area (Å²) in [5.74, 6) is 0.876. The lowest BCUT2D eigenvalue weighted by molar-refractivity contribution is -0.133. The number of carbonyl (C=O) groups is 2. The fraction of sp³-hybridized carbons (Fsp3) is 0.900. The summed E-state index contributed by atoms with van der Waals surface area (Å²) in [5.41, 5.74) is 5.84. The second-order valence-electron chi connectivity index (χ2n) is 9.22. The average Bonchev–Trinajstić information content (AvgIpc) is 3.28. The number of carbonyl (C=O) groups excluding carboxylic acids is 1. The zero-order valence-electron chi connectivity index (χ0n) is 16.3. The van der Waals surface area contributed by atoms with Gasteiger partial charge in [0, 0.05) is 44.7 Å². The maximum atomic E-state index is 12.3. The molecule has 152 valence electrons. The van der Waals surface area contributed by atoms with E-state index in [4.69, 9.17) is 5.73 Å². The Morgan fingerprint density at radius 1 is 1.07 bits per heavy atom. The molecular weight excluding hydrogens is 344 g/mol. The molecule has 0 radical (unpaired) electrons. The summed E-state index contributed by atoms with van der Waals surface area (Å²) >= 11 is 0. The molecule has 1 atom stereocenters. The number of carboxylic acid groups (broad SMARTS) is 1. The van der Waals surface area contributed by atoms with Gasteiger partial charge in [0.05, 0.1) is 0 Å². The van der Waals surface area contributed by atoms with Crippen molar-refractivity contribution in [2.24, 2.45) is 17.1 Å². The number of piperidine rings is 1. The average molecular weight is 379 g/mol. The van der Waals surface area contributed by atoms with E-state index in [9.17, 15) is 14.7 Å². The molecule has 3 N–H and O–H groups in total. The van der Waals surface area contributed by atoms with Gasteiger partial charge in [-0.2, -0.15) is 0 Å². The molecule has 0 aromatic rings. The van der Waals surface area contributed by atoms with Crippen LogP contribution in [0.2, 0.25) is 0 Å². The van der Waals surface area contributed by atoms with Gasteiger partial charge >= 0.3 is 6.09 Å². The Kier molecular flexibility index (Phi) is 5.34. The molecule has 3 saturated heterocycles. The van der Waals surface area contributed by atoms with E-state index in [2.05, 4.69) is 9.80 Å². The van der Waals surface area contributed by atoms with Gasteiger partial charge < -0.3 is 25.5 Å². The fourth-order valence-electron chi connectivity index (χ4n) is 6.16. The van der Waals surface area contributed by atoms with Gasteiger partial charge in [-0.3, -0.25) is 4.79 Å². The molecule has 3 aliphatic heterocycles. The second kappa shape index (κ2) is 7.59. The molecule has 0 aromatic carbocycles. The van der Waals surface area contributed by atoms with E-state index in [1.165, 1.54) is 12.8 Å². The van der Waals surface area contributed by atoms with Gasteiger partial charge in [-0.1, -0.05) is 0 Å². The Morgan fingerprint density at radius 3 is 2.44 bits per heavy atom. The van der Waals surface area contributed by atoms with E-state index in [1.807, 2.05) is 0 Å². The topological polar surface area (TPSA) is 90.1 Å². The van der Waals surface area contributed by atoms with Gasteiger partial charge in [-0.25, -0.2) is 4.79 Å². The van der Waals surface area contributed by atoms with Gasteiger partial charge in [-0.15, -0.1) is 0 Å². The van der Waals surface area contributed by atoms with E-state index in [0.29, 0.717) is 37.5 Å². The van der Waals surface area contributed by atoms with Crippen molar-refractivity contribution in [3.63, 3.8) is 0 Å². The van der Waals surface area contributed by atoms with Crippen molar-refractivity contribution in [2.75, 3.05) is 39.3 Å². The maximum Gasteiger partial charge on any atom is 0.407 e. The van der Waals surface area contributed by atoms with Crippen molar-refractivity contribution in [1.29, 1.82) is 0 Å². The number of nitrogens with zero attached hydrogens (tertiary/aromatic N) is 3. The molecule has 3 heterocycles. The summed E-state index contributed by atoms with van der Waals surface area (Å²) in [6, 6.07) is 1.07. The van der Waals surface area contributed by atoms with Crippen LogP contribution in [0.1, 0.15) is 51.4 Å². The Labute approximate surface area is 161 Å². The van der Waals surface area contributed by atoms with Gasteiger partial charge in [0.2, 0.25) is 5.91 Å². The molecule has 0 aromatic heterocycles. The predicted octanol–water partition coefficient (Wildman–Crippen LogP) is 1.57. The lowest BCUT2D eigenvalue weighted by Gasteiger charge is -2.52. The highest BCUT2D eigenvalue weighted by Gasteiger charge is 2.51. The lowest BCUT2D eigenvalue weighted by atomic mass is 9.64. The Morgan fingerprint density at radius 2 is 1.81 bits per heavy atom. The first-order chi connectivity index (χ1) is 13.0. The van der Waals surface area contributed by atoms with Crippen LogP contribution in [0.3, 0.4) is 0 Å². The number of likely N-dealkylation sites (tertiary alicyclic amines) is 3. The van der Waals surface area contributed by atoms with Crippen LogP contribution < -0.4 is 5.73 Å². The van der Waals surface area contributed by atoms with Gasteiger partial charge in [-0.05, 0) is 69.4 Å². The van der Waals surface area contributed by atoms with Crippen LogP contribution in [-0.4, -0.2) is 83.2 Å². The minimum Gasteiger partial charge on any atom is -0.465 e. The molecule has 1 spiro atoms. The van der Waals surface area contributed by atoms with E-state index < -0.39 is 6.09 Å². The number of hydrogen-bond acceptors (Lipinski definition) is 4. The van der Waals surface area contributed by atoms with Crippen LogP contribution in [0, 0.1) is 11.3 Å². The summed E-state index contributed by atoms with van der Waals surface area (Å²) < 4.78 is 0. The fourth-order valence-corrected chi connectivity index (χ4v) is 6.16. The Hall–Kier alpha value is -1.34. The molecule has 1 unspecified atom stereocenters. The third-order valence-electron chi connectivity index (χ3n) is 7.66. The number of hydrogen-bond donors (Lipinski definition) is 2. The van der Waals surface area contributed by atoms with Gasteiger partial charge in [0.1, 0.15) is 0 Å². The summed E-state index contributed by atoms with van der Waals surface area (Å²) in [6.45, 7) is 5.05. The van der Waals surface area contributed by atoms with Gasteiger partial charge in [0.25, 0.3) is 0 Å². The highest BCUT2D eigenvalue weighted by Crippen LogP contribution is 2.50. The Balaban J connectivity index is 1.24. The Bertz CT molecular complexity index is 570. The molecule has 1 aliphatic carbocycles. The standard InChI is InChI=1S/C20H34N4O3/c21-7-3-18(25)24-8-1-2-17(24)15-4-9-22(10-5-15)16-12-20(13-16)6-11-23(14-20)19(26)27/h15-17H,1-14,21H2,(H,26,27). The van der Waals surface area contributed by atoms with E-state index in [1.54, 1.807) is 4.90 Å². The molecule has 0 bridgehead atoms. The number of amides is 2. The van der Waals surface area contributed by atoms with Crippen molar-refractivity contribution < 1.29 is 14.7 Å². The molecule has 4 rings (SSSR count). The molecule has 4 fully saturated rings.